The van der Waals surface area contributed by atoms with Crippen LogP contribution >= 0.6 is 27.5 Å². The van der Waals surface area contributed by atoms with Crippen LogP contribution in [0.1, 0.15) is 12.8 Å². The lowest BCUT2D eigenvalue weighted by Crippen LogP contribution is -1.74. The van der Waals surface area contributed by atoms with Gasteiger partial charge in [-0.2, -0.15) is 0 Å². The Hall–Kier alpha value is 1.54. The SMILES string of the molecule is ClCCCCBr.[MgH2]. The van der Waals surface area contributed by atoms with E-state index in [-0.39, 0.29) is 23.1 Å². The maximum atomic E-state index is 5.36. The van der Waals surface area contributed by atoms with E-state index in [2.05, 4.69) is 15.9 Å². The standard InChI is InChI=1S/C4H8BrCl.Mg.2H/c5-3-1-2-4-6;;;/h1-4H2;;;. The molecule has 0 unspecified atom stereocenters. The minimum Gasteiger partial charge on any atom is -0.127 e. The second-order valence-electron chi connectivity index (χ2n) is 1.09. The summed E-state index contributed by atoms with van der Waals surface area (Å²) in [5, 5.41) is 1.08. The molecule has 0 aliphatic rings. The molecule has 0 rings (SSSR count). The van der Waals surface area contributed by atoms with Crippen molar-refractivity contribution >= 4 is 50.6 Å². The highest BCUT2D eigenvalue weighted by Gasteiger charge is 1.78. The van der Waals surface area contributed by atoms with E-state index < -0.39 is 0 Å². The zero-order chi connectivity index (χ0) is 4.83. The van der Waals surface area contributed by atoms with Crippen molar-refractivity contribution in [3.05, 3.63) is 0 Å². The molecule has 0 aliphatic carbocycles. The van der Waals surface area contributed by atoms with Crippen LogP contribution in [-0.4, -0.2) is 34.3 Å². The lowest BCUT2D eigenvalue weighted by atomic mass is 10.4. The fourth-order valence-corrected chi connectivity index (χ4v) is 0.774. The van der Waals surface area contributed by atoms with Gasteiger partial charge in [0.25, 0.3) is 0 Å². The number of alkyl halides is 2. The number of halogens is 2. The molecule has 0 aromatic carbocycles. The van der Waals surface area contributed by atoms with Crippen LogP contribution in [0.3, 0.4) is 0 Å². The summed E-state index contributed by atoms with van der Waals surface area (Å²) in [5.74, 6) is 0.797. The van der Waals surface area contributed by atoms with Crippen molar-refractivity contribution in [2.45, 2.75) is 12.8 Å². The molecule has 0 heterocycles. The predicted molar refractivity (Wildman–Crippen MR) is 42.3 cm³/mol. The summed E-state index contributed by atoms with van der Waals surface area (Å²) < 4.78 is 0. The van der Waals surface area contributed by atoms with Crippen molar-refractivity contribution in [2.24, 2.45) is 0 Å². The topological polar surface area (TPSA) is 0 Å². The van der Waals surface area contributed by atoms with E-state index >= 15 is 0 Å². The van der Waals surface area contributed by atoms with Crippen LogP contribution in [0, 0.1) is 0 Å². The summed E-state index contributed by atoms with van der Waals surface area (Å²) >= 11 is 8.65. The molecular formula is C4H10BrClMg. The molecule has 0 spiro atoms. The maximum absolute atomic E-state index is 5.36. The number of rotatable bonds is 3. The first-order chi connectivity index (χ1) is 2.91. The Morgan fingerprint density at radius 3 is 2.00 bits per heavy atom. The summed E-state index contributed by atoms with van der Waals surface area (Å²) in [6.45, 7) is 0. The molecule has 0 aromatic rings. The number of unbranched alkanes of at least 4 members (excludes halogenated alkanes) is 1. The summed E-state index contributed by atoms with van der Waals surface area (Å²) in [6, 6.07) is 0. The Kier molecular flexibility index (Phi) is 17.0. The van der Waals surface area contributed by atoms with E-state index in [0.29, 0.717) is 0 Å². The van der Waals surface area contributed by atoms with Crippen molar-refractivity contribution < 1.29 is 0 Å². The van der Waals surface area contributed by atoms with Crippen molar-refractivity contribution in [3.8, 4) is 0 Å². The summed E-state index contributed by atoms with van der Waals surface area (Å²) in [6.07, 6.45) is 2.33. The Morgan fingerprint density at radius 2 is 1.86 bits per heavy atom. The fraction of sp³-hybridized carbons (Fsp3) is 1.00. The second kappa shape index (κ2) is 10.5. The number of hydrogen-bond acceptors (Lipinski definition) is 0. The van der Waals surface area contributed by atoms with Gasteiger partial charge in [-0.15, -0.1) is 11.6 Å². The maximum Gasteiger partial charge on any atom is 0.316 e. The molecule has 0 N–H and O–H groups in total. The third kappa shape index (κ3) is 11.2. The first-order valence-electron chi connectivity index (χ1n) is 2.03. The van der Waals surface area contributed by atoms with Gasteiger partial charge in [-0.3, -0.25) is 0 Å². The molecule has 0 bridgehead atoms. The van der Waals surface area contributed by atoms with Gasteiger partial charge < -0.3 is 0 Å². The predicted octanol–water partition coefficient (Wildman–Crippen LogP) is 1.48. The van der Waals surface area contributed by atoms with Crippen LogP contribution in [0.2, 0.25) is 0 Å². The molecule has 0 radical (unpaired) electrons. The van der Waals surface area contributed by atoms with Crippen LogP contribution in [0.15, 0.2) is 0 Å². The van der Waals surface area contributed by atoms with E-state index in [1.807, 2.05) is 0 Å². The molecule has 0 aromatic heterocycles. The molecule has 0 aliphatic heterocycles. The van der Waals surface area contributed by atoms with Gasteiger partial charge >= 0.3 is 23.1 Å². The smallest absolute Gasteiger partial charge is 0.127 e. The minimum absolute atomic E-state index is 0. The highest BCUT2D eigenvalue weighted by atomic mass is 79.9. The van der Waals surface area contributed by atoms with Crippen LogP contribution in [0.4, 0.5) is 0 Å². The van der Waals surface area contributed by atoms with Crippen molar-refractivity contribution in [2.75, 3.05) is 11.2 Å². The summed E-state index contributed by atoms with van der Waals surface area (Å²) in [7, 11) is 0. The van der Waals surface area contributed by atoms with Gasteiger partial charge in [0.05, 0.1) is 0 Å². The van der Waals surface area contributed by atoms with Crippen LogP contribution in [0.5, 0.6) is 0 Å². The van der Waals surface area contributed by atoms with Gasteiger partial charge in [-0.1, -0.05) is 15.9 Å². The third-order valence-corrected chi connectivity index (χ3v) is 1.35. The van der Waals surface area contributed by atoms with Crippen molar-refractivity contribution in [1.82, 2.24) is 0 Å². The van der Waals surface area contributed by atoms with Gasteiger partial charge in [-0.05, 0) is 12.8 Å². The first kappa shape index (κ1) is 11.3. The average Bonchev–Trinajstić information content (AvgIpc) is 1.61. The Labute approximate surface area is 74.3 Å². The van der Waals surface area contributed by atoms with Gasteiger partial charge in [0.1, 0.15) is 0 Å². The quantitative estimate of drug-likeness (QED) is 0.366. The largest absolute Gasteiger partial charge is 0.316 e. The van der Waals surface area contributed by atoms with Crippen molar-refractivity contribution in [3.63, 3.8) is 0 Å². The first-order valence-corrected chi connectivity index (χ1v) is 3.69. The van der Waals surface area contributed by atoms with E-state index in [9.17, 15) is 0 Å². The molecule has 7 heavy (non-hydrogen) atoms. The molecule has 3 heteroatoms. The molecule has 0 fully saturated rings. The molecule has 0 amide bonds. The monoisotopic (exact) mass is 196 g/mol. The molecular weight excluding hydrogens is 188 g/mol. The lowest BCUT2D eigenvalue weighted by Gasteiger charge is -1.83. The highest BCUT2D eigenvalue weighted by Crippen LogP contribution is 1.94. The second-order valence-corrected chi connectivity index (χ2v) is 2.26. The zero-order valence-electron chi connectivity index (χ0n) is 3.58. The van der Waals surface area contributed by atoms with E-state index in [0.717, 1.165) is 17.6 Å². The van der Waals surface area contributed by atoms with E-state index in [1.165, 1.54) is 6.42 Å². The lowest BCUT2D eigenvalue weighted by molar-refractivity contribution is 0.909. The molecule has 0 atom stereocenters. The Morgan fingerprint density at radius 1 is 1.29 bits per heavy atom. The molecule has 0 nitrogen and oxygen atoms in total. The number of hydrogen-bond donors (Lipinski definition) is 0. The normalized spacial score (nSPS) is 7.71. The molecule has 0 saturated heterocycles. The van der Waals surface area contributed by atoms with Gasteiger partial charge in [-0.25, -0.2) is 0 Å². The van der Waals surface area contributed by atoms with E-state index in [1.54, 1.807) is 0 Å². The van der Waals surface area contributed by atoms with Crippen molar-refractivity contribution in [1.29, 1.82) is 0 Å². The summed E-state index contributed by atoms with van der Waals surface area (Å²) in [4.78, 5) is 0. The van der Waals surface area contributed by atoms with E-state index in [4.69, 9.17) is 11.6 Å². The van der Waals surface area contributed by atoms with Crippen LogP contribution in [-0.2, 0) is 0 Å². The van der Waals surface area contributed by atoms with Gasteiger partial charge in [0.2, 0.25) is 0 Å². The Balaban J connectivity index is 0. The van der Waals surface area contributed by atoms with Gasteiger partial charge in [0, 0.05) is 11.2 Å². The summed E-state index contributed by atoms with van der Waals surface area (Å²) in [5.41, 5.74) is 0. The minimum atomic E-state index is 0. The molecule has 0 saturated carbocycles. The zero-order valence-corrected chi connectivity index (χ0v) is 5.93. The fourth-order valence-electron chi connectivity index (χ4n) is 0.189. The van der Waals surface area contributed by atoms with Crippen LogP contribution in [0.25, 0.3) is 0 Å². The third-order valence-electron chi connectivity index (χ3n) is 0.517. The van der Waals surface area contributed by atoms with Crippen LogP contribution < -0.4 is 0 Å². The highest BCUT2D eigenvalue weighted by molar-refractivity contribution is 9.09. The average molecular weight is 198 g/mol. The van der Waals surface area contributed by atoms with Gasteiger partial charge in [0.15, 0.2) is 0 Å². The molecule has 42 valence electrons. The Bertz CT molecular complexity index is 23.7.